The number of nitrogens with zero attached hydrogens (tertiary/aromatic N) is 3. The Hall–Kier alpha value is -3.22. The van der Waals surface area contributed by atoms with Gasteiger partial charge in [-0.2, -0.15) is 5.10 Å². The van der Waals surface area contributed by atoms with Gasteiger partial charge >= 0.3 is 0 Å². The molecule has 0 saturated carbocycles. The predicted octanol–water partition coefficient (Wildman–Crippen LogP) is 2.17. The number of carbonyl (C=O) groups is 1. The summed E-state index contributed by atoms with van der Waals surface area (Å²) in [5, 5.41) is 17.6. The largest absolute Gasteiger partial charge is 0.348 e. The van der Waals surface area contributed by atoms with Crippen LogP contribution in [0.1, 0.15) is 15.9 Å². The number of carbonyl (C=O) groups excluding carboxylic acids is 1. The molecule has 0 radical (unpaired) electrons. The lowest BCUT2D eigenvalue weighted by atomic mass is 10.2. The van der Waals surface area contributed by atoms with Crippen molar-refractivity contribution in [3.8, 4) is 0 Å². The van der Waals surface area contributed by atoms with Crippen molar-refractivity contribution in [2.24, 2.45) is 0 Å². The minimum absolute atomic E-state index is 0.0424. The van der Waals surface area contributed by atoms with Gasteiger partial charge in [-0.05, 0) is 24.3 Å². The molecule has 0 spiro atoms. The Balaban J connectivity index is 1.70. The highest BCUT2D eigenvalue weighted by molar-refractivity contribution is 5.94. The second-order valence-electron chi connectivity index (χ2n) is 4.69. The Morgan fingerprint density at radius 2 is 2.00 bits per heavy atom. The van der Waals surface area contributed by atoms with E-state index in [9.17, 15) is 14.9 Å². The number of hydrogen-bond donors (Lipinski definition) is 1. The van der Waals surface area contributed by atoms with Gasteiger partial charge in [-0.3, -0.25) is 14.9 Å². The van der Waals surface area contributed by atoms with Gasteiger partial charge in [0.1, 0.15) is 0 Å². The third-order valence-corrected chi connectivity index (χ3v) is 3.29. The van der Waals surface area contributed by atoms with Crippen LogP contribution in [0.25, 0.3) is 5.52 Å². The Morgan fingerprint density at radius 3 is 2.73 bits per heavy atom. The van der Waals surface area contributed by atoms with Crippen LogP contribution in [-0.2, 0) is 6.54 Å². The van der Waals surface area contributed by atoms with Gasteiger partial charge in [0, 0.05) is 36.0 Å². The quantitative estimate of drug-likeness (QED) is 0.590. The topological polar surface area (TPSA) is 89.5 Å². The van der Waals surface area contributed by atoms with E-state index in [4.69, 9.17) is 0 Å². The van der Waals surface area contributed by atoms with Crippen LogP contribution in [0.5, 0.6) is 0 Å². The summed E-state index contributed by atoms with van der Waals surface area (Å²) in [7, 11) is 0. The Bertz CT molecular complexity index is 839. The summed E-state index contributed by atoms with van der Waals surface area (Å²) >= 11 is 0. The number of hydrogen-bond acceptors (Lipinski definition) is 4. The molecule has 1 aromatic carbocycles. The fourth-order valence-corrected chi connectivity index (χ4v) is 2.14. The average molecular weight is 296 g/mol. The van der Waals surface area contributed by atoms with E-state index in [1.807, 2.05) is 24.4 Å². The third kappa shape index (κ3) is 2.64. The molecule has 0 bridgehead atoms. The molecular formula is C15H12N4O3. The lowest BCUT2D eigenvalue weighted by Gasteiger charge is -2.04. The number of pyridine rings is 1. The predicted molar refractivity (Wildman–Crippen MR) is 79.5 cm³/mol. The molecule has 110 valence electrons. The molecule has 3 aromatic rings. The van der Waals surface area contributed by atoms with Crippen LogP contribution in [0.15, 0.2) is 54.9 Å². The normalized spacial score (nSPS) is 10.5. The summed E-state index contributed by atoms with van der Waals surface area (Å²) in [6, 6.07) is 11.2. The van der Waals surface area contributed by atoms with Crippen molar-refractivity contribution in [1.82, 2.24) is 14.9 Å². The molecule has 2 aromatic heterocycles. The van der Waals surface area contributed by atoms with Crippen molar-refractivity contribution < 1.29 is 9.72 Å². The zero-order chi connectivity index (χ0) is 15.5. The van der Waals surface area contributed by atoms with E-state index < -0.39 is 4.92 Å². The van der Waals surface area contributed by atoms with Gasteiger partial charge < -0.3 is 5.32 Å². The maximum absolute atomic E-state index is 12.0. The number of fused-ring (bicyclic) bond motifs is 1. The summed E-state index contributed by atoms with van der Waals surface area (Å²) in [5.74, 6) is -0.287. The van der Waals surface area contributed by atoms with E-state index in [0.29, 0.717) is 12.1 Å². The minimum atomic E-state index is -0.499. The molecule has 3 rings (SSSR count). The standard InChI is InChI=1S/C15H12N4O3/c20-15(11-4-6-13(7-5-11)19(21)22)16-9-12-10-17-18-8-2-1-3-14(12)18/h1-8,10H,9H2,(H,16,20). The minimum Gasteiger partial charge on any atom is -0.348 e. The van der Waals surface area contributed by atoms with Crippen LogP contribution in [0, 0.1) is 10.1 Å². The highest BCUT2D eigenvalue weighted by atomic mass is 16.6. The summed E-state index contributed by atoms with van der Waals surface area (Å²) < 4.78 is 1.73. The average Bonchev–Trinajstić information content (AvgIpc) is 2.96. The third-order valence-electron chi connectivity index (χ3n) is 3.29. The molecule has 22 heavy (non-hydrogen) atoms. The molecule has 0 aliphatic carbocycles. The Labute approximate surface area is 125 Å². The molecule has 1 N–H and O–H groups in total. The van der Waals surface area contributed by atoms with Gasteiger partial charge in [-0.15, -0.1) is 0 Å². The summed E-state index contributed by atoms with van der Waals surface area (Å²) in [4.78, 5) is 22.1. The van der Waals surface area contributed by atoms with E-state index in [1.165, 1.54) is 24.3 Å². The zero-order valence-electron chi connectivity index (χ0n) is 11.5. The number of nitro groups is 1. The molecule has 0 aliphatic rings. The molecule has 2 heterocycles. The summed E-state index contributed by atoms with van der Waals surface area (Å²) in [6.45, 7) is 0.337. The van der Waals surface area contributed by atoms with Crippen molar-refractivity contribution in [2.75, 3.05) is 0 Å². The van der Waals surface area contributed by atoms with Crippen LogP contribution < -0.4 is 5.32 Å². The highest BCUT2D eigenvalue weighted by Crippen LogP contribution is 2.13. The van der Waals surface area contributed by atoms with Gasteiger partial charge in [-0.25, -0.2) is 4.52 Å². The molecule has 7 heteroatoms. The van der Waals surface area contributed by atoms with E-state index in [2.05, 4.69) is 10.4 Å². The monoisotopic (exact) mass is 296 g/mol. The van der Waals surface area contributed by atoms with Gasteiger partial charge in [-0.1, -0.05) is 6.07 Å². The van der Waals surface area contributed by atoms with E-state index in [-0.39, 0.29) is 11.6 Å². The van der Waals surface area contributed by atoms with Crippen LogP contribution in [0.2, 0.25) is 0 Å². The second-order valence-corrected chi connectivity index (χ2v) is 4.69. The molecule has 1 amide bonds. The lowest BCUT2D eigenvalue weighted by molar-refractivity contribution is -0.384. The molecule has 0 unspecified atom stereocenters. The molecule has 0 saturated heterocycles. The van der Waals surface area contributed by atoms with Crippen molar-refractivity contribution in [3.05, 3.63) is 76.1 Å². The van der Waals surface area contributed by atoms with Crippen LogP contribution in [-0.4, -0.2) is 20.4 Å². The van der Waals surface area contributed by atoms with E-state index >= 15 is 0 Å². The van der Waals surface area contributed by atoms with E-state index in [0.717, 1.165) is 11.1 Å². The molecule has 0 fully saturated rings. The van der Waals surface area contributed by atoms with Gasteiger partial charge in [0.15, 0.2) is 0 Å². The maximum atomic E-state index is 12.0. The first-order valence-electron chi connectivity index (χ1n) is 6.59. The van der Waals surface area contributed by atoms with Crippen LogP contribution in [0.3, 0.4) is 0 Å². The highest BCUT2D eigenvalue weighted by Gasteiger charge is 2.10. The lowest BCUT2D eigenvalue weighted by Crippen LogP contribution is -2.22. The van der Waals surface area contributed by atoms with Gasteiger partial charge in [0.25, 0.3) is 11.6 Å². The second kappa shape index (κ2) is 5.65. The maximum Gasteiger partial charge on any atom is 0.269 e. The number of nitro benzene ring substituents is 1. The van der Waals surface area contributed by atoms with Crippen molar-refractivity contribution in [3.63, 3.8) is 0 Å². The zero-order valence-corrected chi connectivity index (χ0v) is 11.5. The number of benzene rings is 1. The first-order valence-corrected chi connectivity index (χ1v) is 6.59. The van der Waals surface area contributed by atoms with Crippen LogP contribution in [0.4, 0.5) is 5.69 Å². The number of rotatable bonds is 4. The molecule has 0 aliphatic heterocycles. The molecule has 0 atom stereocenters. The van der Waals surface area contributed by atoms with E-state index in [1.54, 1.807) is 10.7 Å². The van der Waals surface area contributed by atoms with Crippen LogP contribution >= 0.6 is 0 Å². The van der Waals surface area contributed by atoms with Crippen molar-refractivity contribution in [1.29, 1.82) is 0 Å². The fraction of sp³-hybridized carbons (Fsp3) is 0.0667. The number of aromatic nitrogens is 2. The molecule has 7 nitrogen and oxygen atoms in total. The fourth-order valence-electron chi connectivity index (χ4n) is 2.14. The first kappa shape index (κ1) is 13.7. The first-order chi connectivity index (χ1) is 10.6. The number of nitrogens with one attached hydrogen (secondary N) is 1. The SMILES string of the molecule is O=C(NCc1cnn2ccccc12)c1ccc([N+](=O)[O-])cc1. The smallest absolute Gasteiger partial charge is 0.269 e. The number of non-ortho nitro benzene ring substituents is 1. The summed E-state index contributed by atoms with van der Waals surface area (Å²) in [5.41, 5.74) is 2.16. The van der Waals surface area contributed by atoms with Crippen molar-refractivity contribution in [2.45, 2.75) is 6.54 Å². The Morgan fingerprint density at radius 1 is 1.23 bits per heavy atom. The number of amides is 1. The molecular weight excluding hydrogens is 284 g/mol. The van der Waals surface area contributed by atoms with Crippen molar-refractivity contribution >= 4 is 17.1 Å². The van der Waals surface area contributed by atoms with Gasteiger partial charge in [0.05, 0.1) is 16.6 Å². The summed E-state index contributed by atoms with van der Waals surface area (Å²) in [6.07, 6.45) is 3.53. The van der Waals surface area contributed by atoms with Gasteiger partial charge in [0.2, 0.25) is 0 Å². The Kier molecular flexibility index (Phi) is 3.53.